The lowest BCUT2D eigenvalue weighted by Gasteiger charge is -1.54. The van der Waals surface area contributed by atoms with E-state index in [1.807, 2.05) is 12.1 Å². The van der Waals surface area contributed by atoms with Crippen LogP contribution >= 0.6 is 0 Å². The zero-order valence-corrected chi connectivity index (χ0v) is 6.77. The van der Waals surface area contributed by atoms with E-state index >= 15 is 0 Å². The Kier molecular flexibility index (Phi) is 16.8. The van der Waals surface area contributed by atoms with Crippen LogP contribution in [0, 0.1) is 22.7 Å². The van der Waals surface area contributed by atoms with Crippen molar-refractivity contribution < 1.29 is 0 Å². The zero-order valence-electron chi connectivity index (χ0n) is 6.77. The largest absolute Gasteiger partial charge is 0.193 e. The second-order valence-electron chi connectivity index (χ2n) is 1.45. The van der Waals surface area contributed by atoms with Crippen molar-refractivity contribution in [2.75, 3.05) is 0 Å². The van der Waals surface area contributed by atoms with E-state index in [9.17, 15) is 0 Å². The molecule has 2 nitrogen and oxygen atoms in total. The van der Waals surface area contributed by atoms with Crippen LogP contribution in [0.1, 0.15) is 0 Å². The Balaban J connectivity index is 0. The normalized spacial score (nSPS) is 7.83. The highest BCUT2D eigenvalue weighted by Crippen LogP contribution is 1.65. The molecule has 0 bridgehead atoms. The second-order valence-corrected chi connectivity index (χ2v) is 1.45. The average Bonchev–Trinajstić information content (AvgIpc) is 2.12. The third-order valence-corrected chi connectivity index (χ3v) is 0.614. The molecular weight excluding hydrogens is 148 g/mol. The van der Waals surface area contributed by atoms with E-state index in [2.05, 4.69) is 13.2 Å². The highest BCUT2D eigenvalue weighted by atomic mass is 14.2. The summed E-state index contributed by atoms with van der Waals surface area (Å²) in [7, 11) is 0. The molecule has 12 heavy (non-hydrogen) atoms. The van der Waals surface area contributed by atoms with Gasteiger partial charge in [-0.25, -0.2) is 0 Å². The van der Waals surface area contributed by atoms with Gasteiger partial charge < -0.3 is 0 Å². The number of hydrogen-bond acceptors (Lipinski definition) is 2. The molecule has 0 saturated heterocycles. The number of rotatable bonds is 2. The lowest BCUT2D eigenvalue weighted by Crippen LogP contribution is -1.39. The fourth-order valence-corrected chi connectivity index (χ4v) is 0.222. The summed E-state index contributed by atoms with van der Waals surface area (Å²) in [5, 5.41) is 15.6. The van der Waals surface area contributed by atoms with Crippen LogP contribution in [-0.4, -0.2) is 0 Å². The zero-order chi connectivity index (χ0) is 9.66. The van der Waals surface area contributed by atoms with Crippen LogP contribution in [0.3, 0.4) is 0 Å². The van der Waals surface area contributed by atoms with Gasteiger partial charge in [0.2, 0.25) is 0 Å². The van der Waals surface area contributed by atoms with Crippen molar-refractivity contribution in [3.63, 3.8) is 0 Å². The third-order valence-electron chi connectivity index (χ3n) is 0.614. The molecule has 0 amide bonds. The third kappa shape index (κ3) is 24.6. The van der Waals surface area contributed by atoms with E-state index in [-0.39, 0.29) is 0 Å². The summed E-state index contributed by atoms with van der Waals surface area (Å²) >= 11 is 0. The monoisotopic (exact) mass is 158 g/mol. The van der Waals surface area contributed by atoms with E-state index in [1.165, 1.54) is 12.2 Å². The summed E-state index contributed by atoms with van der Waals surface area (Å²) in [4.78, 5) is 0. The molecule has 0 unspecified atom stereocenters. The highest BCUT2D eigenvalue weighted by Gasteiger charge is 1.51. The molecule has 60 valence electrons. The van der Waals surface area contributed by atoms with Gasteiger partial charge in [0.1, 0.15) is 0 Å². The van der Waals surface area contributed by atoms with Gasteiger partial charge in [-0.15, -0.1) is 0 Å². The molecular formula is C10H10N2. The summed E-state index contributed by atoms with van der Waals surface area (Å²) in [6.45, 7) is 6.72. The number of nitrogens with zero attached hydrogens (tertiary/aromatic N) is 2. The van der Waals surface area contributed by atoms with Gasteiger partial charge in [-0.2, -0.15) is 10.5 Å². The number of nitriles is 2. The fraction of sp³-hybridized carbons (Fsp3) is 0. The van der Waals surface area contributed by atoms with Gasteiger partial charge in [0.25, 0.3) is 0 Å². The molecule has 0 aliphatic heterocycles. The SMILES string of the molecule is C=CC=CC#N.C=CC=CC#N. The summed E-state index contributed by atoms with van der Waals surface area (Å²) in [5.74, 6) is 0. The molecule has 0 aliphatic carbocycles. The predicted octanol–water partition coefficient (Wildman–Crippen LogP) is 2.50. The second kappa shape index (κ2) is 16.0. The maximum atomic E-state index is 7.81. The molecule has 0 radical (unpaired) electrons. The van der Waals surface area contributed by atoms with Crippen molar-refractivity contribution in [1.82, 2.24) is 0 Å². The molecule has 0 aromatic carbocycles. The van der Waals surface area contributed by atoms with Crippen LogP contribution in [0.4, 0.5) is 0 Å². The maximum absolute atomic E-state index is 7.81. The van der Waals surface area contributed by atoms with Crippen LogP contribution in [0.2, 0.25) is 0 Å². The quantitative estimate of drug-likeness (QED) is 0.458. The Morgan fingerprint density at radius 3 is 1.25 bits per heavy atom. The summed E-state index contributed by atoms with van der Waals surface area (Å²) in [6, 6.07) is 3.63. The first-order chi connectivity index (χ1) is 5.83. The number of hydrogen-bond donors (Lipinski definition) is 0. The van der Waals surface area contributed by atoms with Gasteiger partial charge in [0.15, 0.2) is 0 Å². The van der Waals surface area contributed by atoms with Crippen molar-refractivity contribution in [2.45, 2.75) is 0 Å². The van der Waals surface area contributed by atoms with E-state index in [0.717, 1.165) is 0 Å². The van der Waals surface area contributed by atoms with Crippen molar-refractivity contribution in [1.29, 1.82) is 10.5 Å². The Labute approximate surface area is 73.1 Å². The standard InChI is InChI=1S/2C5H5N/c2*1-2-3-4-5-6/h2*2-4H,1H2. The topological polar surface area (TPSA) is 47.6 Å². The predicted molar refractivity (Wildman–Crippen MR) is 49.9 cm³/mol. The molecule has 0 aromatic heterocycles. The first-order valence-corrected chi connectivity index (χ1v) is 3.17. The van der Waals surface area contributed by atoms with Gasteiger partial charge >= 0.3 is 0 Å². The van der Waals surface area contributed by atoms with Gasteiger partial charge in [0.05, 0.1) is 12.1 Å². The van der Waals surface area contributed by atoms with E-state index in [1.54, 1.807) is 24.3 Å². The Hall–Kier alpha value is -2.06. The Morgan fingerprint density at radius 2 is 1.17 bits per heavy atom. The van der Waals surface area contributed by atoms with Gasteiger partial charge in [-0.1, -0.05) is 37.5 Å². The first-order valence-electron chi connectivity index (χ1n) is 3.17. The molecule has 0 spiro atoms. The van der Waals surface area contributed by atoms with Gasteiger partial charge in [-0.3, -0.25) is 0 Å². The van der Waals surface area contributed by atoms with Gasteiger partial charge in [0, 0.05) is 12.2 Å². The molecule has 2 heteroatoms. The van der Waals surface area contributed by atoms with Crippen LogP contribution in [0.15, 0.2) is 49.6 Å². The Morgan fingerprint density at radius 1 is 0.833 bits per heavy atom. The van der Waals surface area contributed by atoms with Gasteiger partial charge in [-0.05, 0) is 0 Å². The van der Waals surface area contributed by atoms with E-state index < -0.39 is 0 Å². The lowest BCUT2D eigenvalue weighted by atomic mass is 10.5. The minimum atomic E-state index is 1.37. The fourth-order valence-electron chi connectivity index (χ4n) is 0.222. The molecule has 0 rings (SSSR count). The molecule has 0 fully saturated rings. The van der Waals surface area contributed by atoms with Crippen molar-refractivity contribution in [3.05, 3.63) is 49.6 Å². The first kappa shape index (κ1) is 12.6. The molecule has 0 aromatic rings. The molecule has 0 saturated carbocycles. The summed E-state index contributed by atoms with van der Waals surface area (Å²) < 4.78 is 0. The molecule has 0 atom stereocenters. The molecule has 0 N–H and O–H groups in total. The van der Waals surface area contributed by atoms with Crippen LogP contribution in [-0.2, 0) is 0 Å². The summed E-state index contributed by atoms with van der Waals surface area (Å²) in [6.07, 6.45) is 9.02. The molecule has 0 heterocycles. The molecule has 0 aliphatic rings. The maximum Gasteiger partial charge on any atom is 0.0912 e. The minimum Gasteiger partial charge on any atom is -0.193 e. The average molecular weight is 158 g/mol. The van der Waals surface area contributed by atoms with Crippen LogP contribution in [0.25, 0.3) is 0 Å². The summed E-state index contributed by atoms with van der Waals surface area (Å²) in [5.41, 5.74) is 0. The smallest absolute Gasteiger partial charge is 0.0912 e. The van der Waals surface area contributed by atoms with Crippen LogP contribution < -0.4 is 0 Å². The van der Waals surface area contributed by atoms with Crippen molar-refractivity contribution in [3.8, 4) is 12.1 Å². The highest BCUT2D eigenvalue weighted by molar-refractivity contribution is 5.09. The van der Waals surface area contributed by atoms with Crippen LogP contribution in [0.5, 0.6) is 0 Å². The van der Waals surface area contributed by atoms with E-state index in [4.69, 9.17) is 10.5 Å². The number of allylic oxidation sites excluding steroid dienone is 6. The lowest BCUT2D eigenvalue weighted by molar-refractivity contribution is 1.53. The minimum absolute atomic E-state index is 1.37. The Bertz CT molecular complexity index is 218. The van der Waals surface area contributed by atoms with E-state index in [0.29, 0.717) is 0 Å². The van der Waals surface area contributed by atoms with Crippen molar-refractivity contribution in [2.24, 2.45) is 0 Å². The van der Waals surface area contributed by atoms with Crippen molar-refractivity contribution >= 4 is 0 Å².